The van der Waals surface area contributed by atoms with Gasteiger partial charge in [0, 0.05) is 17.0 Å². The summed E-state index contributed by atoms with van der Waals surface area (Å²) >= 11 is 0. The second kappa shape index (κ2) is 4.75. The van der Waals surface area contributed by atoms with Gasteiger partial charge in [0.2, 0.25) is 5.56 Å². The van der Waals surface area contributed by atoms with Crippen molar-refractivity contribution in [2.24, 2.45) is 0 Å². The Kier molecular flexibility index (Phi) is 3.42. The predicted molar refractivity (Wildman–Crippen MR) is 61.5 cm³/mol. The average molecular weight is 325 g/mol. The number of H-pyrrole nitrogens is 1. The number of carboxylic acids is 1. The summed E-state index contributed by atoms with van der Waals surface area (Å²) < 4.78 is 77.9. The van der Waals surface area contributed by atoms with Gasteiger partial charge in [0.05, 0.1) is 16.7 Å². The first-order valence-electron chi connectivity index (χ1n) is 5.50. The minimum atomic E-state index is -5.36. The molecule has 0 spiro atoms. The number of aromatic carboxylic acids is 1. The van der Waals surface area contributed by atoms with Crippen molar-refractivity contribution < 1.29 is 36.2 Å². The first-order chi connectivity index (χ1) is 9.93. The summed E-state index contributed by atoms with van der Waals surface area (Å²) in [6.07, 6.45) is -10.7. The van der Waals surface area contributed by atoms with Crippen LogP contribution in [0.3, 0.4) is 0 Å². The van der Waals surface area contributed by atoms with Crippen molar-refractivity contribution in [3.05, 3.63) is 45.2 Å². The topological polar surface area (TPSA) is 70.2 Å². The van der Waals surface area contributed by atoms with Gasteiger partial charge in [-0.05, 0) is 12.1 Å². The van der Waals surface area contributed by atoms with Gasteiger partial charge in [-0.15, -0.1) is 0 Å². The molecule has 2 rings (SSSR count). The Morgan fingerprint density at radius 2 is 1.64 bits per heavy atom. The lowest BCUT2D eigenvalue weighted by Crippen LogP contribution is -2.21. The first-order valence-corrected chi connectivity index (χ1v) is 5.50. The summed E-state index contributed by atoms with van der Waals surface area (Å²) in [5.41, 5.74) is -7.52. The number of nitrogens with one attached hydrogen (secondary N) is 1. The van der Waals surface area contributed by atoms with E-state index < -0.39 is 51.5 Å². The van der Waals surface area contributed by atoms with Gasteiger partial charge >= 0.3 is 18.3 Å². The SMILES string of the molecule is O=C(O)c1c(C(F)(F)F)cc2[nH]c(=O)ccc2c1C(F)(F)F. The zero-order valence-corrected chi connectivity index (χ0v) is 10.3. The van der Waals surface area contributed by atoms with Crippen molar-refractivity contribution in [3.8, 4) is 0 Å². The summed E-state index contributed by atoms with van der Waals surface area (Å²) in [7, 11) is 0. The van der Waals surface area contributed by atoms with Crippen molar-refractivity contribution in [1.29, 1.82) is 0 Å². The largest absolute Gasteiger partial charge is 0.478 e. The van der Waals surface area contributed by atoms with Crippen molar-refractivity contribution in [2.75, 3.05) is 0 Å². The summed E-state index contributed by atoms with van der Waals surface area (Å²) in [4.78, 5) is 23.9. The lowest BCUT2D eigenvalue weighted by atomic mass is 9.95. The molecule has 0 aliphatic rings. The van der Waals surface area contributed by atoms with Gasteiger partial charge in [-0.1, -0.05) is 0 Å². The number of carboxylic acid groups (broad SMARTS) is 1. The highest BCUT2D eigenvalue weighted by atomic mass is 19.4. The average Bonchev–Trinajstić information content (AvgIpc) is 2.33. The Morgan fingerprint density at radius 3 is 2.09 bits per heavy atom. The van der Waals surface area contributed by atoms with Crippen LogP contribution in [0.4, 0.5) is 26.3 Å². The molecular formula is C12H5F6NO3. The van der Waals surface area contributed by atoms with E-state index in [1.54, 1.807) is 0 Å². The molecule has 1 aromatic carbocycles. The van der Waals surface area contributed by atoms with Crippen molar-refractivity contribution in [2.45, 2.75) is 12.4 Å². The summed E-state index contributed by atoms with van der Waals surface area (Å²) in [6.45, 7) is 0. The molecule has 118 valence electrons. The van der Waals surface area contributed by atoms with Gasteiger partial charge in [-0.3, -0.25) is 4.79 Å². The number of aromatic nitrogens is 1. The van der Waals surface area contributed by atoms with Gasteiger partial charge in [-0.2, -0.15) is 26.3 Å². The van der Waals surface area contributed by atoms with Crippen LogP contribution in [0, 0.1) is 0 Å². The third-order valence-electron chi connectivity index (χ3n) is 2.83. The first kappa shape index (κ1) is 15.9. The maximum Gasteiger partial charge on any atom is 0.417 e. The monoisotopic (exact) mass is 325 g/mol. The number of rotatable bonds is 1. The minimum Gasteiger partial charge on any atom is -0.478 e. The van der Waals surface area contributed by atoms with Crippen LogP contribution >= 0.6 is 0 Å². The van der Waals surface area contributed by atoms with Gasteiger partial charge in [0.25, 0.3) is 0 Å². The Balaban J connectivity index is 3.12. The van der Waals surface area contributed by atoms with Crippen molar-refractivity contribution in [1.82, 2.24) is 4.98 Å². The van der Waals surface area contributed by atoms with Crippen LogP contribution in [0.15, 0.2) is 23.0 Å². The molecule has 2 N–H and O–H groups in total. The quantitative estimate of drug-likeness (QED) is 0.791. The van der Waals surface area contributed by atoms with E-state index in [1.807, 2.05) is 4.98 Å². The fourth-order valence-electron chi connectivity index (χ4n) is 2.05. The summed E-state index contributed by atoms with van der Waals surface area (Å²) in [5.74, 6) is -2.37. The van der Waals surface area contributed by atoms with Gasteiger partial charge in [-0.25, -0.2) is 4.79 Å². The van der Waals surface area contributed by atoms with E-state index in [-0.39, 0.29) is 6.07 Å². The number of benzene rings is 1. The predicted octanol–water partition coefficient (Wildman–Crippen LogP) is 3.26. The highest BCUT2D eigenvalue weighted by molar-refractivity contribution is 5.99. The molecule has 0 amide bonds. The Morgan fingerprint density at radius 1 is 1.05 bits per heavy atom. The van der Waals surface area contributed by atoms with Crippen LogP contribution in [0.1, 0.15) is 21.5 Å². The highest BCUT2D eigenvalue weighted by Gasteiger charge is 2.44. The molecule has 0 radical (unpaired) electrons. The molecule has 0 aliphatic carbocycles. The van der Waals surface area contributed by atoms with Crippen LogP contribution in [-0.4, -0.2) is 16.1 Å². The normalized spacial score (nSPS) is 12.6. The molecule has 0 atom stereocenters. The van der Waals surface area contributed by atoms with E-state index in [1.165, 1.54) is 0 Å². The summed E-state index contributed by atoms with van der Waals surface area (Å²) in [6, 6.07) is 1.47. The highest BCUT2D eigenvalue weighted by Crippen LogP contribution is 2.42. The lowest BCUT2D eigenvalue weighted by molar-refractivity contribution is -0.143. The van der Waals surface area contributed by atoms with Crippen LogP contribution in [-0.2, 0) is 12.4 Å². The van der Waals surface area contributed by atoms with Crippen LogP contribution < -0.4 is 5.56 Å². The smallest absolute Gasteiger partial charge is 0.417 e. The zero-order valence-electron chi connectivity index (χ0n) is 10.3. The molecule has 22 heavy (non-hydrogen) atoms. The second-order valence-electron chi connectivity index (χ2n) is 4.26. The minimum absolute atomic E-state index is 0.176. The van der Waals surface area contributed by atoms with Crippen molar-refractivity contribution >= 4 is 16.9 Å². The third kappa shape index (κ3) is 2.63. The molecule has 0 bridgehead atoms. The van der Waals surface area contributed by atoms with E-state index in [4.69, 9.17) is 5.11 Å². The molecule has 0 aliphatic heterocycles. The summed E-state index contributed by atoms with van der Waals surface area (Å²) in [5, 5.41) is 7.98. The maximum atomic E-state index is 13.1. The molecule has 1 aromatic heterocycles. The molecule has 1 heterocycles. The fraction of sp³-hybridized carbons (Fsp3) is 0.167. The lowest BCUT2D eigenvalue weighted by Gasteiger charge is -2.18. The van der Waals surface area contributed by atoms with Crippen LogP contribution in [0.2, 0.25) is 0 Å². The number of hydrogen-bond acceptors (Lipinski definition) is 2. The molecule has 4 nitrogen and oxygen atoms in total. The third-order valence-corrected chi connectivity index (χ3v) is 2.83. The van der Waals surface area contributed by atoms with Gasteiger partial charge in [0.1, 0.15) is 0 Å². The number of alkyl halides is 6. The fourth-order valence-corrected chi connectivity index (χ4v) is 2.05. The number of carbonyl (C=O) groups is 1. The Hall–Kier alpha value is -2.52. The number of hydrogen-bond donors (Lipinski definition) is 2. The molecule has 2 aromatic rings. The number of fused-ring (bicyclic) bond motifs is 1. The van der Waals surface area contributed by atoms with E-state index in [9.17, 15) is 35.9 Å². The van der Waals surface area contributed by atoms with E-state index in [0.29, 0.717) is 12.1 Å². The molecular weight excluding hydrogens is 320 g/mol. The van der Waals surface area contributed by atoms with Gasteiger partial charge < -0.3 is 10.1 Å². The van der Waals surface area contributed by atoms with E-state index >= 15 is 0 Å². The number of aromatic amines is 1. The van der Waals surface area contributed by atoms with Crippen molar-refractivity contribution in [3.63, 3.8) is 0 Å². The molecule has 0 unspecified atom stereocenters. The molecule has 0 saturated carbocycles. The molecule has 0 saturated heterocycles. The molecule has 0 fully saturated rings. The number of pyridine rings is 1. The maximum absolute atomic E-state index is 13.1. The Labute approximate surface area is 117 Å². The van der Waals surface area contributed by atoms with Crippen LogP contribution in [0.25, 0.3) is 10.9 Å². The number of halogens is 6. The van der Waals surface area contributed by atoms with E-state index in [0.717, 1.165) is 0 Å². The second-order valence-corrected chi connectivity index (χ2v) is 4.26. The Bertz CT molecular complexity index is 818. The van der Waals surface area contributed by atoms with Crippen LogP contribution in [0.5, 0.6) is 0 Å². The zero-order chi connectivity index (χ0) is 16.9. The van der Waals surface area contributed by atoms with Gasteiger partial charge in [0.15, 0.2) is 0 Å². The molecule has 10 heteroatoms. The van der Waals surface area contributed by atoms with E-state index in [2.05, 4.69) is 0 Å². The standard InChI is InChI=1S/C12H5F6NO3/c13-11(14,15)5-3-6-4(1-2-7(20)19-6)9(12(16,17)18)8(5)10(21)22/h1-3H,(H,19,20)(H,21,22).